The van der Waals surface area contributed by atoms with Crippen molar-refractivity contribution in [3.8, 4) is 11.3 Å². The highest BCUT2D eigenvalue weighted by Crippen LogP contribution is 2.36. The number of nitrogens with one attached hydrogen (secondary N) is 1. The molecule has 4 rings (SSSR count). The van der Waals surface area contributed by atoms with Gasteiger partial charge >= 0.3 is 6.09 Å². The van der Waals surface area contributed by atoms with Gasteiger partial charge < -0.3 is 14.6 Å². The van der Waals surface area contributed by atoms with Crippen LogP contribution in [0.1, 0.15) is 38.1 Å². The van der Waals surface area contributed by atoms with E-state index in [-0.39, 0.29) is 6.04 Å². The van der Waals surface area contributed by atoms with Crippen LogP contribution in [0.3, 0.4) is 0 Å². The average Bonchev–Trinajstić information content (AvgIpc) is 3.18. The van der Waals surface area contributed by atoms with E-state index in [2.05, 4.69) is 31.4 Å². The molecular weight excluding hydrogens is 470 g/mol. The van der Waals surface area contributed by atoms with E-state index in [1.807, 2.05) is 81.4 Å². The van der Waals surface area contributed by atoms with Gasteiger partial charge in [-0.05, 0) is 66.5 Å². The van der Waals surface area contributed by atoms with Crippen LogP contribution in [0, 0.1) is 0 Å². The number of nitrogens with zero attached hydrogens (tertiary/aromatic N) is 2. The molecule has 1 atom stereocenters. The first kappa shape index (κ1) is 22.0. The Balaban J connectivity index is 1.77. The van der Waals surface area contributed by atoms with E-state index >= 15 is 0 Å². The molecule has 0 aliphatic rings. The van der Waals surface area contributed by atoms with Crippen molar-refractivity contribution in [1.29, 1.82) is 0 Å². The van der Waals surface area contributed by atoms with Gasteiger partial charge in [-0.25, -0.2) is 4.79 Å². The number of hydrogen-bond donors (Lipinski definition) is 1. The fourth-order valence-electron chi connectivity index (χ4n) is 3.56. The molecule has 7 heteroatoms. The number of rotatable bonds is 5. The van der Waals surface area contributed by atoms with Crippen molar-refractivity contribution in [2.75, 3.05) is 0 Å². The predicted molar refractivity (Wildman–Crippen MR) is 127 cm³/mol. The van der Waals surface area contributed by atoms with E-state index in [0.717, 1.165) is 26.7 Å². The molecule has 0 radical (unpaired) electrons. The number of benzene rings is 2. The molecule has 0 aliphatic carbocycles. The van der Waals surface area contributed by atoms with Crippen LogP contribution >= 0.6 is 15.9 Å². The molecule has 6 nitrogen and oxygen atoms in total. The minimum atomic E-state index is -0.603. The number of hydrogen-bond acceptors (Lipinski definition) is 5. The van der Waals surface area contributed by atoms with Crippen LogP contribution in [-0.4, -0.2) is 21.8 Å². The quantitative estimate of drug-likeness (QED) is 0.345. The summed E-state index contributed by atoms with van der Waals surface area (Å²) in [6, 6.07) is 19.0. The molecule has 2 aromatic heterocycles. The Morgan fingerprint density at radius 3 is 2.62 bits per heavy atom. The molecular formula is C25H24BrN3O3. The van der Waals surface area contributed by atoms with Gasteiger partial charge in [0.25, 0.3) is 0 Å². The molecule has 2 aromatic carbocycles. The highest BCUT2D eigenvalue weighted by molar-refractivity contribution is 9.10. The highest BCUT2D eigenvalue weighted by atomic mass is 79.9. The monoisotopic (exact) mass is 493 g/mol. The summed E-state index contributed by atoms with van der Waals surface area (Å²) in [5.74, 6) is 0. The predicted octanol–water partition coefficient (Wildman–Crippen LogP) is 6.46. The third-order valence-corrected chi connectivity index (χ3v) is 5.50. The van der Waals surface area contributed by atoms with E-state index in [1.54, 1.807) is 6.20 Å². The Labute approximate surface area is 195 Å². The number of carbonyl (C=O) groups is 1. The van der Waals surface area contributed by atoms with Crippen molar-refractivity contribution in [3.05, 3.63) is 82.6 Å². The SMILES string of the molecule is CC(C)(C)OC(=O)NC(Cc1ccccn1)c1ccccc1-c1noc2c(Br)cccc12. The van der Waals surface area contributed by atoms with E-state index in [0.29, 0.717) is 17.7 Å². The Hall–Kier alpha value is -3.19. The summed E-state index contributed by atoms with van der Waals surface area (Å²) in [7, 11) is 0. The summed E-state index contributed by atoms with van der Waals surface area (Å²) in [5, 5.41) is 8.27. The van der Waals surface area contributed by atoms with Crippen LogP contribution in [0.2, 0.25) is 0 Å². The maximum atomic E-state index is 12.7. The summed E-state index contributed by atoms with van der Waals surface area (Å²) in [6.07, 6.45) is 1.76. The molecule has 1 N–H and O–H groups in total. The largest absolute Gasteiger partial charge is 0.444 e. The van der Waals surface area contributed by atoms with Gasteiger partial charge in [0, 0.05) is 23.9 Å². The normalized spacial score (nSPS) is 12.5. The minimum absolute atomic E-state index is 0.380. The van der Waals surface area contributed by atoms with Crippen molar-refractivity contribution in [2.45, 2.75) is 38.8 Å². The number of alkyl carbamates (subject to hydrolysis) is 1. The summed E-state index contributed by atoms with van der Waals surface area (Å²) in [6.45, 7) is 5.52. The number of amides is 1. The Morgan fingerprint density at radius 1 is 1.09 bits per heavy atom. The molecule has 0 fully saturated rings. The van der Waals surface area contributed by atoms with E-state index in [9.17, 15) is 4.79 Å². The topological polar surface area (TPSA) is 77.2 Å². The zero-order chi connectivity index (χ0) is 22.7. The number of ether oxygens (including phenoxy) is 1. The lowest BCUT2D eigenvalue weighted by Crippen LogP contribution is -2.36. The fourth-order valence-corrected chi connectivity index (χ4v) is 3.99. The second kappa shape index (κ2) is 9.12. The van der Waals surface area contributed by atoms with Crippen LogP contribution in [0.15, 0.2) is 75.9 Å². The zero-order valence-electron chi connectivity index (χ0n) is 18.1. The fraction of sp³-hybridized carbons (Fsp3) is 0.240. The molecule has 0 saturated heterocycles. The summed E-state index contributed by atoms with van der Waals surface area (Å²) < 4.78 is 12.0. The zero-order valence-corrected chi connectivity index (χ0v) is 19.7. The lowest BCUT2D eigenvalue weighted by Gasteiger charge is -2.25. The average molecular weight is 494 g/mol. The number of aromatic nitrogens is 2. The van der Waals surface area contributed by atoms with Gasteiger partial charge in [-0.1, -0.05) is 41.6 Å². The molecule has 0 aliphatic heterocycles. The van der Waals surface area contributed by atoms with Crippen LogP contribution in [0.25, 0.3) is 22.2 Å². The van der Waals surface area contributed by atoms with Gasteiger partial charge in [0.15, 0.2) is 5.58 Å². The standard InChI is InChI=1S/C25H24BrN3O3/c1-25(2,3)31-24(30)28-21(15-16-9-6-7-14-27-16)17-10-4-5-11-18(17)22-19-12-8-13-20(26)23(19)32-29-22/h4-14,21H,15H2,1-3H3,(H,28,30). The molecule has 0 spiro atoms. The van der Waals surface area contributed by atoms with Gasteiger partial charge in [0.1, 0.15) is 11.3 Å². The van der Waals surface area contributed by atoms with Crippen LogP contribution in [0.5, 0.6) is 0 Å². The van der Waals surface area contributed by atoms with Gasteiger partial charge in [0.05, 0.1) is 15.9 Å². The van der Waals surface area contributed by atoms with Gasteiger partial charge in [-0.2, -0.15) is 0 Å². The van der Waals surface area contributed by atoms with E-state index in [1.165, 1.54) is 0 Å². The third kappa shape index (κ3) is 4.99. The lowest BCUT2D eigenvalue weighted by molar-refractivity contribution is 0.0503. The van der Waals surface area contributed by atoms with Gasteiger partial charge in [0.2, 0.25) is 0 Å². The van der Waals surface area contributed by atoms with Crippen molar-refractivity contribution in [1.82, 2.24) is 15.5 Å². The maximum Gasteiger partial charge on any atom is 0.408 e. The van der Waals surface area contributed by atoms with Crippen LogP contribution in [-0.2, 0) is 11.2 Å². The first-order valence-corrected chi connectivity index (χ1v) is 11.1. The van der Waals surface area contributed by atoms with Crippen molar-refractivity contribution in [3.63, 3.8) is 0 Å². The first-order chi connectivity index (χ1) is 15.3. The number of para-hydroxylation sites is 1. The second-order valence-electron chi connectivity index (χ2n) is 8.46. The van der Waals surface area contributed by atoms with Crippen LogP contribution in [0.4, 0.5) is 4.79 Å². The van der Waals surface area contributed by atoms with Crippen molar-refractivity contribution >= 4 is 33.0 Å². The number of pyridine rings is 1. The molecule has 164 valence electrons. The number of halogens is 1. The van der Waals surface area contributed by atoms with Gasteiger partial charge in [-0.3, -0.25) is 4.98 Å². The summed E-state index contributed by atoms with van der Waals surface area (Å²) in [5.41, 5.74) is 3.43. The summed E-state index contributed by atoms with van der Waals surface area (Å²) >= 11 is 3.52. The smallest absolute Gasteiger partial charge is 0.408 e. The molecule has 32 heavy (non-hydrogen) atoms. The van der Waals surface area contributed by atoms with Gasteiger partial charge in [-0.15, -0.1) is 0 Å². The molecule has 2 heterocycles. The first-order valence-electron chi connectivity index (χ1n) is 10.3. The highest BCUT2D eigenvalue weighted by Gasteiger charge is 2.25. The van der Waals surface area contributed by atoms with Crippen LogP contribution < -0.4 is 5.32 Å². The van der Waals surface area contributed by atoms with Crippen molar-refractivity contribution < 1.29 is 14.1 Å². The molecule has 1 amide bonds. The maximum absolute atomic E-state index is 12.7. The van der Waals surface area contributed by atoms with E-state index < -0.39 is 11.7 Å². The van der Waals surface area contributed by atoms with E-state index in [4.69, 9.17) is 9.26 Å². The third-order valence-electron chi connectivity index (χ3n) is 4.87. The Morgan fingerprint density at radius 2 is 1.88 bits per heavy atom. The molecule has 0 saturated carbocycles. The lowest BCUT2D eigenvalue weighted by atomic mass is 9.93. The Bertz CT molecular complexity index is 1230. The summed E-state index contributed by atoms with van der Waals surface area (Å²) in [4.78, 5) is 17.1. The Kier molecular flexibility index (Phi) is 6.28. The van der Waals surface area contributed by atoms with Crippen molar-refractivity contribution in [2.24, 2.45) is 0 Å². The molecule has 1 unspecified atom stereocenters. The number of fused-ring (bicyclic) bond motifs is 1. The second-order valence-corrected chi connectivity index (χ2v) is 9.31. The molecule has 0 bridgehead atoms. The number of carbonyl (C=O) groups excluding carboxylic acids is 1. The minimum Gasteiger partial charge on any atom is -0.444 e. The molecule has 4 aromatic rings.